The standard InChI is InChI=1S/C11H22N2O3S/c1-9(4-5-10(14)15)8-13-11(16)12-6-3-7-17-2/h9H,3-8H2,1-2H3,(H,14,15)(H2,12,13,16). The molecular formula is C11H22N2O3S. The van der Waals surface area contributed by atoms with Gasteiger partial charge in [0.25, 0.3) is 0 Å². The van der Waals surface area contributed by atoms with Crippen molar-refractivity contribution in [2.45, 2.75) is 26.2 Å². The lowest BCUT2D eigenvalue weighted by molar-refractivity contribution is -0.137. The maximum absolute atomic E-state index is 11.3. The van der Waals surface area contributed by atoms with Gasteiger partial charge in [-0.15, -0.1) is 0 Å². The van der Waals surface area contributed by atoms with Gasteiger partial charge in [-0.05, 0) is 30.8 Å². The number of carbonyl (C=O) groups is 2. The van der Waals surface area contributed by atoms with Crippen molar-refractivity contribution in [3.63, 3.8) is 0 Å². The Morgan fingerprint density at radius 1 is 1.35 bits per heavy atom. The molecule has 0 aliphatic carbocycles. The first-order valence-corrected chi connectivity index (χ1v) is 7.18. The Morgan fingerprint density at radius 3 is 2.65 bits per heavy atom. The van der Waals surface area contributed by atoms with Crippen LogP contribution in [0.25, 0.3) is 0 Å². The van der Waals surface area contributed by atoms with E-state index in [2.05, 4.69) is 10.6 Å². The number of amides is 2. The smallest absolute Gasteiger partial charge is 0.314 e. The minimum absolute atomic E-state index is 0.151. The molecule has 0 heterocycles. The van der Waals surface area contributed by atoms with Crippen molar-refractivity contribution in [2.75, 3.05) is 25.1 Å². The number of aliphatic carboxylic acids is 1. The number of rotatable bonds is 9. The Bertz CT molecular complexity index is 237. The molecule has 5 nitrogen and oxygen atoms in total. The molecule has 17 heavy (non-hydrogen) atoms. The van der Waals surface area contributed by atoms with Gasteiger partial charge < -0.3 is 15.7 Å². The molecule has 0 spiro atoms. The normalized spacial score (nSPS) is 11.9. The minimum Gasteiger partial charge on any atom is -0.481 e. The fourth-order valence-corrected chi connectivity index (χ4v) is 1.65. The number of carbonyl (C=O) groups excluding carboxylic acids is 1. The van der Waals surface area contributed by atoms with Gasteiger partial charge in [0.2, 0.25) is 0 Å². The van der Waals surface area contributed by atoms with Crippen molar-refractivity contribution in [3.8, 4) is 0 Å². The molecule has 1 atom stereocenters. The summed E-state index contributed by atoms with van der Waals surface area (Å²) in [5.41, 5.74) is 0. The van der Waals surface area contributed by atoms with E-state index in [-0.39, 0.29) is 18.4 Å². The number of carboxylic acids is 1. The largest absolute Gasteiger partial charge is 0.481 e. The molecule has 0 bridgehead atoms. The van der Waals surface area contributed by atoms with Crippen LogP contribution in [0.15, 0.2) is 0 Å². The first-order valence-electron chi connectivity index (χ1n) is 5.78. The molecule has 0 aromatic heterocycles. The first kappa shape index (κ1) is 16.1. The van der Waals surface area contributed by atoms with Crippen LogP contribution in [0.3, 0.4) is 0 Å². The van der Waals surface area contributed by atoms with Crippen LogP contribution in [0.4, 0.5) is 4.79 Å². The zero-order valence-electron chi connectivity index (χ0n) is 10.5. The summed E-state index contributed by atoms with van der Waals surface area (Å²) in [6.07, 6.45) is 3.73. The van der Waals surface area contributed by atoms with E-state index in [0.29, 0.717) is 19.5 Å². The highest BCUT2D eigenvalue weighted by atomic mass is 32.2. The van der Waals surface area contributed by atoms with E-state index in [1.165, 1.54) is 0 Å². The van der Waals surface area contributed by atoms with E-state index in [0.717, 1.165) is 12.2 Å². The quantitative estimate of drug-likeness (QED) is 0.551. The summed E-state index contributed by atoms with van der Waals surface area (Å²) in [5, 5.41) is 14.0. The first-order chi connectivity index (χ1) is 8.06. The van der Waals surface area contributed by atoms with Gasteiger partial charge in [0.15, 0.2) is 0 Å². The molecular weight excluding hydrogens is 240 g/mol. The molecule has 100 valence electrons. The molecule has 0 aliphatic heterocycles. The Morgan fingerprint density at radius 2 is 2.06 bits per heavy atom. The molecule has 1 unspecified atom stereocenters. The summed E-state index contributed by atoms with van der Waals surface area (Å²) in [6, 6.07) is -0.173. The molecule has 6 heteroatoms. The predicted octanol–water partition coefficient (Wildman–Crippen LogP) is 1.54. The molecule has 0 saturated heterocycles. The third-order valence-corrected chi connectivity index (χ3v) is 2.97. The second-order valence-electron chi connectivity index (χ2n) is 4.02. The summed E-state index contributed by atoms with van der Waals surface area (Å²) >= 11 is 1.75. The summed E-state index contributed by atoms with van der Waals surface area (Å²) < 4.78 is 0. The van der Waals surface area contributed by atoms with Crippen molar-refractivity contribution in [3.05, 3.63) is 0 Å². The molecule has 0 aromatic carbocycles. The number of thioether (sulfide) groups is 1. The molecule has 0 rings (SSSR count). The van der Waals surface area contributed by atoms with E-state index >= 15 is 0 Å². The number of nitrogens with one attached hydrogen (secondary N) is 2. The van der Waals surface area contributed by atoms with Crippen molar-refractivity contribution in [2.24, 2.45) is 5.92 Å². The van der Waals surface area contributed by atoms with E-state index in [1.807, 2.05) is 13.2 Å². The predicted molar refractivity (Wildman–Crippen MR) is 70.4 cm³/mol. The van der Waals surface area contributed by atoms with Crippen molar-refractivity contribution in [1.82, 2.24) is 10.6 Å². The summed E-state index contributed by atoms with van der Waals surface area (Å²) in [7, 11) is 0. The van der Waals surface area contributed by atoms with E-state index in [1.54, 1.807) is 11.8 Å². The number of hydrogen-bond donors (Lipinski definition) is 3. The molecule has 0 saturated carbocycles. The second-order valence-corrected chi connectivity index (χ2v) is 5.01. The number of carboxylic acid groups (broad SMARTS) is 1. The SMILES string of the molecule is CSCCCNC(=O)NCC(C)CCC(=O)O. The monoisotopic (exact) mass is 262 g/mol. The van der Waals surface area contributed by atoms with E-state index < -0.39 is 5.97 Å². The summed E-state index contributed by atoms with van der Waals surface area (Å²) in [4.78, 5) is 21.6. The van der Waals surface area contributed by atoms with Crippen LogP contribution in [-0.2, 0) is 4.79 Å². The van der Waals surface area contributed by atoms with Crippen LogP contribution in [0.5, 0.6) is 0 Å². The third kappa shape index (κ3) is 11.4. The molecule has 2 amide bonds. The third-order valence-electron chi connectivity index (χ3n) is 2.27. The van der Waals surface area contributed by atoms with Gasteiger partial charge in [-0.25, -0.2) is 4.79 Å². The molecule has 0 aliphatic rings. The van der Waals surface area contributed by atoms with Crippen LogP contribution in [0, 0.1) is 5.92 Å². The van der Waals surface area contributed by atoms with Gasteiger partial charge in [-0.1, -0.05) is 6.92 Å². The van der Waals surface area contributed by atoms with Gasteiger partial charge in [-0.2, -0.15) is 11.8 Å². The van der Waals surface area contributed by atoms with E-state index in [4.69, 9.17) is 5.11 Å². The Labute approximate surface area is 107 Å². The maximum Gasteiger partial charge on any atom is 0.314 e. The molecule has 0 radical (unpaired) electrons. The Kier molecular flexibility index (Phi) is 9.71. The van der Waals surface area contributed by atoms with Crippen LogP contribution in [-0.4, -0.2) is 42.2 Å². The Balaban J connectivity index is 3.45. The van der Waals surface area contributed by atoms with Gasteiger partial charge in [0.05, 0.1) is 0 Å². The molecule has 0 fully saturated rings. The van der Waals surface area contributed by atoms with Crippen LogP contribution in [0.2, 0.25) is 0 Å². The highest BCUT2D eigenvalue weighted by Gasteiger charge is 2.07. The topological polar surface area (TPSA) is 78.4 Å². The lowest BCUT2D eigenvalue weighted by Gasteiger charge is -2.12. The molecule has 3 N–H and O–H groups in total. The average Bonchev–Trinajstić information content (AvgIpc) is 2.29. The number of hydrogen-bond acceptors (Lipinski definition) is 3. The highest BCUT2D eigenvalue weighted by Crippen LogP contribution is 2.03. The minimum atomic E-state index is -0.793. The van der Waals surface area contributed by atoms with Gasteiger partial charge in [0, 0.05) is 19.5 Å². The van der Waals surface area contributed by atoms with Crippen LogP contribution >= 0.6 is 11.8 Å². The average molecular weight is 262 g/mol. The highest BCUT2D eigenvalue weighted by molar-refractivity contribution is 7.98. The molecule has 0 aromatic rings. The van der Waals surface area contributed by atoms with Gasteiger partial charge >= 0.3 is 12.0 Å². The summed E-state index contributed by atoms with van der Waals surface area (Å²) in [6.45, 7) is 3.12. The van der Waals surface area contributed by atoms with Crippen LogP contribution < -0.4 is 10.6 Å². The lowest BCUT2D eigenvalue weighted by atomic mass is 10.1. The Hall–Kier alpha value is -0.910. The van der Waals surface area contributed by atoms with Gasteiger partial charge in [0.1, 0.15) is 0 Å². The second kappa shape index (κ2) is 10.3. The fraction of sp³-hybridized carbons (Fsp3) is 0.818. The van der Waals surface area contributed by atoms with E-state index in [9.17, 15) is 9.59 Å². The summed E-state index contributed by atoms with van der Waals surface area (Å²) in [5.74, 6) is 0.427. The zero-order valence-corrected chi connectivity index (χ0v) is 11.3. The van der Waals surface area contributed by atoms with Crippen molar-refractivity contribution >= 4 is 23.8 Å². The number of urea groups is 1. The van der Waals surface area contributed by atoms with Gasteiger partial charge in [-0.3, -0.25) is 4.79 Å². The fourth-order valence-electron chi connectivity index (χ4n) is 1.22. The lowest BCUT2D eigenvalue weighted by Crippen LogP contribution is -2.38. The maximum atomic E-state index is 11.3. The van der Waals surface area contributed by atoms with Crippen molar-refractivity contribution in [1.29, 1.82) is 0 Å². The zero-order chi connectivity index (χ0) is 13.1. The van der Waals surface area contributed by atoms with Crippen molar-refractivity contribution < 1.29 is 14.7 Å². The van der Waals surface area contributed by atoms with Crippen LogP contribution in [0.1, 0.15) is 26.2 Å².